The molecule has 0 aliphatic carbocycles. The number of aliphatic hydroxyl groups is 2. The van der Waals surface area contributed by atoms with Gasteiger partial charge in [-0.25, -0.2) is 4.39 Å². The SMILES string of the molecule is CC(=O)C=C(C)O.CC(=O)C=C(C)O.Cc1[c-]c(-c2cc3sc(-c4ccccc4)cc3cn2)cc(C)c1.Fc1ccc(-c2cc3cnc(-c4[c-]cccc4)cc3s2)cc1.[Ir].[Ir]. The van der Waals surface area contributed by atoms with E-state index in [0.717, 1.165) is 43.9 Å². The predicted octanol–water partition coefficient (Wildman–Crippen LogP) is 13.7. The third kappa shape index (κ3) is 15.6. The number of ketones is 2. The topological polar surface area (TPSA) is 100 Å². The average Bonchev–Trinajstić information content (AvgIpc) is 3.82. The van der Waals surface area contributed by atoms with E-state index < -0.39 is 0 Å². The number of carbonyl (C=O) groups is 2. The first-order valence-electron chi connectivity index (χ1n) is 18.6. The quantitative estimate of drug-likeness (QED) is 0.0977. The number of pyridine rings is 2. The smallest absolute Gasteiger partial charge is 0.155 e. The molecule has 0 bridgehead atoms. The maximum atomic E-state index is 13.0. The predicted molar refractivity (Wildman–Crippen MR) is 242 cm³/mol. The molecule has 61 heavy (non-hydrogen) atoms. The zero-order valence-electron chi connectivity index (χ0n) is 34.2. The van der Waals surface area contributed by atoms with E-state index in [9.17, 15) is 14.0 Å². The zero-order valence-corrected chi connectivity index (χ0v) is 40.7. The molecule has 0 aliphatic rings. The number of carbonyl (C=O) groups excluding carboxylic acids is 2. The van der Waals surface area contributed by atoms with Gasteiger partial charge >= 0.3 is 0 Å². The van der Waals surface area contributed by atoms with Gasteiger partial charge in [-0.1, -0.05) is 68.4 Å². The van der Waals surface area contributed by atoms with Crippen molar-refractivity contribution in [3.8, 4) is 43.4 Å². The van der Waals surface area contributed by atoms with Crippen molar-refractivity contribution in [1.82, 2.24) is 9.97 Å². The normalized spacial score (nSPS) is 10.7. The molecule has 8 aromatic rings. The summed E-state index contributed by atoms with van der Waals surface area (Å²) in [5.41, 5.74) is 8.64. The first-order chi connectivity index (χ1) is 28.2. The number of aliphatic hydroxyl groups excluding tert-OH is 2. The summed E-state index contributed by atoms with van der Waals surface area (Å²) in [5, 5.41) is 19.0. The molecule has 4 aromatic carbocycles. The standard InChI is InChI=1S/C21H16NS.C19H11FNS.2C5H8O2.2Ir/c1-14-8-15(2)10-17(9-14)19-12-21-18(13-22-19)11-20(23-21)16-6-4-3-5-7-16;20-16-8-6-14(7-9-16)18-10-15-12-21-17(11-19(15)22-18)13-4-2-1-3-5-13;2*1-4(6)3-5(2)7;;/h3-9,11-13H,1-2H3;1-4,6-12H;2*3,6H,1-2H3;;/q2*-1;;;;. The molecule has 0 fully saturated rings. The van der Waals surface area contributed by atoms with E-state index in [1.165, 1.54) is 82.8 Å². The minimum atomic E-state index is -0.214. The second-order valence-electron chi connectivity index (χ2n) is 13.6. The fourth-order valence-electron chi connectivity index (χ4n) is 5.84. The van der Waals surface area contributed by atoms with Crippen LogP contribution < -0.4 is 0 Å². The number of hydrogen-bond acceptors (Lipinski definition) is 8. The van der Waals surface area contributed by atoms with E-state index in [-0.39, 0.29) is 69.1 Å². The van der Waals surface area contributed by atoms with Crippen LogP contribution in [0.3, 0.4) is 0 Å². The average molecular weight is 1200 g/mol. The zero-order chi connectivity index (χ0) is 42.5. The van der Waals surface area contributed by atoms with Gasteiger partial charge in [-0.15, -0.1) is 93.5 Å². The van der Waals surface area contributed by atoms with E-state index in [1.807, 2.05) is 54.1 Å². The van der Waals surface area contributed by atoms with E-state index in [2.05, 4.69) is 96.6 Å². The van der Waals surface area contributed by atoms with Gasteiger partial charge in [-0.3, -0.25) is 9.59 Å². The first kappa shape index (κ1) is 50.1. The summed E-state index contributed by atoms with van der Waals surface area (Å²) >= 11 is 3.50. The third-order valence-corrected chi connectivity index (χ3v) is 10.5. The first-order valence-corrected chi connectivity index (χ1v) is 20.2. The molecule has 0 saturated heterocycles. The summed E-state index contributed by atoms with van der Waals surface area (Å²) in [7, 11) is 0. The molecule has 8 rings (SSSR count). The van der Waals surface area contributed by atoms with Crippen molar-refractivity contribution < 1.29 is 64.4 Å². The number of aryl methyl sites for hydroxylation is 2. The maximum Gasteiger partial charge on any atom is 0.155 e. The molecule has 2 N–H and O–H groups in total. The summed E-state index contributed by atoms with van der Waals surface area (Å²) in [6.07, 6.45) is 6.19. The van der Waals surface area contributed by atoms with Gasteiger partial charge in [0.05, 0.1) is 11.5 Å². The molecule has 6 nitrogen and oxygen atoms in total. The largest absolute Gasteiger partial charge is 0.512 e. The number of benzene rings is 4. The van der Waals surface area contributed by atoms with Crippen LogP contribution in [0, 0.1) is 31.8 Å². The molecule has 2 radical (unpaired) electrons. The van der Waals surface area contributed by atoms with Crippen LogP contribution in [-0.2, 0) is 49.8 Å². The fourth-order valence-corrected chi connectivity index (χ4v) is 7.99. The van der Waals surface area contributed by atoms with Gasteiger partial charge < -0.3 is 20.2 Å². The number of fused-ring (bicyclic) bond motifs is 2. The summed E-state index contributed by atoms with van der Waals surface area (Å²) in [5.74, 6) is -0.339. The number of halogens is 1. The number of nitrogens with zero attached hydrogens (tertiary/aromatic N) is 2. The molecule has 4 aromatic heterocycles. The fraction of sp³-hybridized carbons (Fsp3) is 0.120. The molecule has 0 unspecified atom stereocenters. The van der Waals surface area contributed by atoms with E-state index in [0.29, 0.717) is 0 Å². The summed E-state index contributed by atoms with van der Waals surface area (Å²) in [6, 6.07) is 44.4. The van der Waals surface area contributed by atoms with Crippen molar-refractivity contribution >= 4 is 54.4 Å². The van der Waals surface area contributed by atoms with Crippen molar-refractivity contribution in [3.05, 3.63) is 180 Å². The van der Waals surface area contributed by atoms with Crippen LogP contribution in [-0.4, -0.2) is 31.7 Å². The van der Waals surface area contributed by atoms with Crippen molar-refractivity contribution in [1.29, 1.82) is 0 Å². The van der Waals surface area contributed by atoms with E-state index in [1.54, 1.807) is 23.5 Å². The van der Waals surface area contributed by atoms with Crippen molar-refractivity contribution in [2.45, 2.75) is 41.5 Å². The van der Waals surface area contributed by atoms with Gasteiger partial charge in [0.15, 0.2) is 11.6 Å². The molecule has 0 aliphatic heterocycles. The van der Waals surface area contributed by atoms with Gasteiger partial charge in [0, 0.05) is 94.7 Å². The van der Waals surface area contributed by atoms with Gasteiger partial charge in [-0.05, 0) is 74.5 Å². The summed E-state index contributed by atoms with van der Waals surface area (Å²) in [6.45, 7) is 9.89. The van der Waals surface area contributed by atoms with Crippen LogP contribution in [0.25, 0.3) is 63.6 Å². The Morgan fingerprint density at radius 1 is 0.623 bits per heavy atom. The van der Waals surface area contributed by atoms with Crippen LogP contribution in [0.2, 0.25) is 0 Å². The molecule has 0 saturated carbocycles. The minimum absolute atomic E-state index is 0. The van der Waals surface area contributed by atoms with Crippen LogP contribution in [0.15, 0.2) is 151 Å². The molecule has 0 spiro atoms. The Bertz CT molecular complexity index is 2690. The number of hydrogen-bond donors (Lipinski definition) is 2. The maximum absolute atomic E-state index is 13.0. The Hall–Kier alpha value is -5.25. The van der Waals surface area contributed by atoms with Gasteiger partial charge in [0.2, 0.25) is 0 Å². The van der Waals surface area contributed by atoms with Crippen molar-refractivity contribution in [3.63, 3.8) is 0 Å². The number of rotatable bonds is 6. The van der Waals surface area contributed by atoms with Crippen molar-refractivity contribution in [2.24, 2.45) is 0 Å². The molecule has 0 amide bonds. The Labute approximate surface area is 391 Å². The Morgan fingerprint density at radius 3 is 1.56 bits per heavy atom. The molecule has 4 heterocycles. The van der Waals surface area contributed by atoms with E-state index in [4.69, 9.17) is 10.2 Å². The van der Waals surface area contributed by atoms with Crippen LogP contribution in [0.1, 0.15) is 38.8 Å². The minimum Gasteiger partial charge on any atom is -0.512 e. The Kier molecular flexibility index (Phi) is 19.9. The third-order valence-electron chi connectivity index (χ3n) is 8.22. The molecule has 11 heteroatoms. The van der Waals surface area contributed by atoms with Crippen LogP contribution in [0.4, 0.5) is 4.39 Å². The van der Waals surface area contributed by atoms with Crippen LogP contribution in [0.5, 0.6) is 0 Å². The van der Waals surface area contributed by atoms with Gasteiger partial charge in [0.1, 0.15) is 5.82 Å². The second-order valence-corrected chi connectivity index (χ2v) is 15.8. The number of aromatic nitrogens is 2. The van der Waals surface area contributed by atoms with Gasteiger partial charge in [0.25, 0.3) is 0 Å². The van der Waals surface area contributed by atoms with Gasteiger partial charge in [-0.2, -0.15) is 0 Å². The van der Waals surface area contributed by atoms with Crippen molar-refractivity contribution in [2.75, 3.05) is 0 Å². The van der Waals surface area contributed by atoms with E-state index >= 15 is 0 Å². The Morgan fingerprint density at radius 2 is 1.11 bits per heavy atom. The summed E-state index contributed by atoms with van der Waals surface area (Å²) in [4.78, 5) is 31.6. The summed E-state index contributed by atoms with van der Waals surface area (Å²) < 4.78 is 15.5. The monoisotopic (exact) mass is 1200 g/mol. The molecule has 316 valence electrons. The second kappa shape index (κ2) is 24.3. The molecular formula is C50H43FIr2N2O4S2-2. The molecule has 0 atom stereocenters. The van der Waals surface area contributed by atoms with Crippen LogP contribution >= 0.6 is 22.7 Å². The number of thiophene rings is 2. The number of allylic oxidation sites excluding steroid dienone is 4. The Balaban J connectivity index is 0.000000244. The molecular weight excluding hydrogens is 1160 g/mol.